The second-order valence-electron chi connectivity index (χ2n) is 5.82. The zero-order valence-corrected chi connectivity index (χ0v) is 15.8. The molecule has 0 heterocycles. The molecule has 0 aliphatic heterocycles. The molecule has 2 N–H and O–H groups in total. The zero-order chi connectivity index (χ0) is 19.0. The minimum absolute atomic E-state index is 0.0369. The lowest BCUT2D eigenvalue weighted by Crippen LogP contribution is -2.30. The van der Waals surface area contributed by atoms with Gasteiger partial charge in [-0.3, -0.25) is 4.79 Å². The standard InChI is InChI=1S/C19H24N2O4S/c1-3-25-17-7-9-18(10-8-17)26(23,24)21-12-11-19(22)20-14-16-6-4-5-15(2)13-16/h4-10,13,21H,3,11-12,14H2,1-2H3,(H,20,22). The average molecular weight is 376 g/mol. The molecular weight excluding hydrogens is 352 g/mol. The second kappa shape index (κ2) is 9.35. The van der Waals surface area contributed by atoms with Gasteiger partial charge in [0.2, 0.25) is 15.9 Å². The lowest BCUT2D eigenvalue weighted by Gasteiger charge is -2.09. The number of benzene rings is 2. The number of nitrogens with one attached hydrogen (secondary N) is 2. The van der Waals surface area contributed by atoms with Crippen molar-refractivity contribution in [1.82, 2.24) is 10.0 Å². The number of hydrogen-bond acceptors (Lipinski definition) is 4. The van der Waals surface area contributed by atoms with Crippen LogP contribution in [-0.2, 0) is 21.4 Å². The number of ether oxygens (including phenoxy) is 1. The molecule has 0 unspecified atom stereocenters. The molecule has 0 radical (unpaired) electrons. The third-order valence-electron chi connectivity index (χ3n) is 3.66. The third-order valence-corrected chi connectivity index (χ3v) is 5.14. The summed E-state index contributed by atoms with van der Waals surface area (Å²) in [5.74, 6) is 0.405. The van der Waals surface area contributed by atoms with Crippen molar-refractivity contribution < 1.29 is 17.9 Å². The van der Waals surface area contributed by atoms with Crippen LogP contribution >= 0.6 is 0 Å². The van der Waals surface area contributed by atoms with Gasteiger partial charge in [-0.1, -0.05) is 29.8 Å². The zero-order valence-electron chi connectivity index (χ0n) is 15.0. The summed E-state index contributed by atoms with van der Waals surface area (Å²) in [6.45, 7) is 4.82. The Hall–Kier alpha value is -2.38. The van der Waals surface area contributed by atoms with Gasteiger partial charge in [-0.25, -0.2) is 13.1 Å². The molecule has 1 amide bonds. The van der Waals surface area contributed by atoms with E-state index in [0.717, 1.165) is 11.1 Å². The molecule has 2 rings (SSSR count). The number of rotatable bonds is 9. The van der Waals surface area contributed by atoms with Gasteiger partial charge in [0.1, 0.15) is 5.75 Å². The van der Waals surface area contributed by atoms with E-state index in [1.807, 2.05) is 38.1 Å². The fourth-order valence-corrected chi connectivity index (χ4v) is 3.41. The lowest BCUT2D eigenvalue weighted by atomic mass is 10.1. The molecule has 0 saturated carbocycles. The van der Waals surface area contributed by atoms with Gasteiger partial charge in [-0.2, -0.15) is 0 Å². The van der Waals surface area contributed by atoms with E-state index in [2.05, 4.69) is 10.0 Å². The first-order valence-electron chi connectivity index (χ1n) is 8.45. The van der Waals surface area contributed by atoms with Crippen molar-refractivity contribution in [1.29, 1.82) is 0 Å². The fraction of sp³-hybridized carbons (Fsp3) is 0.316. The highest BCUT2D eigenvalue weighted by atomic mass is 32.2. The van der Waals surface area contributed by atoms with Crippen LogP contribution in [0.2, 0.25) is 0 Å². The molecule has 140 valence electrons. The Kier molecular flexibility index (Phi) is 7.17. The summed E-state index contributed by atoms with van der Waals surface area (Å²) in [7, 11) is -3.65. The van der Waals surface area contributed by atoms with Crippen molar-refractivity contribution >= 4 is 15.9 Å². The molecule has 0 fully saturated rings. The van der Waals surface area contributed by atoms with Crippen LogP contribution in [0.3, 0.4) is 0 Å². The molecule has 0 saturated heterocycles. The van der Waals surface area contributed by atoms with Gasteiger partial charge in [0.25, 0.3) is 0 Å². The van der Waals surface area contributed by atoms with Gasteiger partial charge in [0, 0.05) is 19.5 Å². The van der Waals surface area contributed by atoms with E-state index < -0.39 is 10.0 Å². The van der Waals surface area contributed by atoms with Gasteiger partial charge >= 0.3 is 0 Å². The maximum Gasteiger partial charge on any atom is 0.240 e. The van der Waals surface area contributed by atoms with Crippen molar-refractivity contribution in [2.75, 3.05) is 13.2 Å². The first-order valence-corrected chi connectivity index (χ1v) is 9.94. The number of carbonyl (C=O) groups excluding carboxylic acids is 1. The molecule has 0 aromatic heterocycles. The molecule has 0 spiro atoms. The Morgan fingerprint density at radius 1 is 1.12 bits per heavy atom. The van der Waals surface area contributed by atoms with Crippen molar-refractivity contribution in [3.8, 4) is 5.75 Å². The highest BCUT2D eigenvalue weighted by Gasteiger charge is 2.14. The van der Waals surface area contributed by atoms with Crippen LogP contribution in [0, 0.1) is 6.92 Å². The van der Waals surface area contributed by atoms with E-state index in [4.69, 9.17) is 4.74 Å². The molecule has 0 aliphatic carbocycles. The van der Waals surface area contributed by atoms with Crippen LogP contribution in [0.25, 0.3) is 0 Å². The minimum Gasteiger partial charge on any atom is -0.494 e. The van der Waals surface area contributed by atoms with Crippen molar-refractivity contribution in [2.45, 2.75) is 31.7 Å². The van der Waals surface area contributed by atoms with Crippen molar-refractivity contribution in [2.24, 2.45) is 0 Å². The van der Waals surface area contributed by atoms with Crippen LogP contribution in [0.15, 0.2) is 53.4 Å². The van der Waals surface area contributed by atoms with Crippen molar-refractivity contribution in [3.63, 3.8) is 0 Å². The number of aryl methyl sites for hydroxylation is 1. The van der Waals surface area contributed by atoms with E-state index in [1.54, 1.807) is 12.1 Å². The van der Waals surface area contributed by atoms with Crippen LogP contribution in [0.4, 0.5) is 0 Å². The molecule has 2 aromatic carbocycles. The predicted molar refractivity (Wildman–Crippen MR) is 100 cm³/mol. The van der Waals surface area contributed by atoms with E-state index in [-0.39, 0.29) is 23.8 Å². The molecule has 0 atom stereocenters. The molecule has 0 bridgehead atoms. The SMILES string of the molecule is CCOc1ccc(S(=O)(=O)NCCC(=O)NCc2cccc(C)c2)cc1. The van der Waals surface area contributed by atoms with Crippen molar-refractivity contribution in [3.05, 3.63) is 59.7 Å². The Morgan fingerprint density at radius 2 is 1.85 bits per heavy atom. The molecule has 0 aliphatic rings. The van der Waals surface area contributed by atoms with Crippen LogP contribution in [0.1, 0.15) is 24.5 Å². The number of amides is 1. The highest BCUT2D eigenvalue weighted by molar-refractivity contribution is 7.89. The molecule has 26 heavy (non-hydrogen) atoms. The number of sulfonamides is 1. The third kappa shape index (κ3) is 6.16. The van der Waals surface area contributed by atoms with E-state index >= 15 is 0 Å². The molecule has 2 aromatic rings. The second-order valence-corrected chi connectivity index (χ2v) is 7.58. The summed E-state index contributed by atoms with van der Waals surface area (Å²) in [4.78, 5) is 12.0. The average Bonchev–Trinajstić information content (AvgIpc) is 2.61. The van der Waals surface area contributed by atoms with Gasteiger partial charge in [-0.05, 0) is 43.7 Å². The van der Waals surface area contributed by atoms with Crippen LogP contribution in [0.5, 0.6) is 5.75 Å². The van der Waals surface area contributed by atoms with Gasteiger partial charge in [0.15, 0.2) is 0 Å². The largest absolute Gasteiger partial charge is 0.494 e. The maximum absolute atomic E-state index is 12.2. The number of hydrogen-bond donors (Lipinski definition) is 2. The fourth-order valence-electron chi connectivity index (χ4n) is 2.38. The summed E-state index contributed by atoms with van der Waals surface area (Å²) in [6.07, 6.45) is 0.0715. The van der Waals surface area contributed by atoms with Gasteiger partial charge < -0.3 is 10.1 Å². The topological polar surface area (TPSA) is 84.5 Å². The first-order chi connectivity index (χ1) is 12.4. The van der Waals surface area contributed by atoms with Gasteiger partial charge in [-0.15, -0.1) is 0 Å². The summed E-state index contributed by atoms with van der Waals surface area (Å²) >= 11 is 0. The maximum atomic E-state index is 12.2. The summed E-state index contributed by atoms with van der Waals surface area (Å²) in [5.41, 5.74) is 2.13. The Labute approximate surface area is 154 Å². The van der Waals surface area contributed by atoms with E-state index in [9.17, 15) is 13.2 Å². The Bertz CT molecular complexity index is 833. The smallest absolute Gasteiger partial charge is 0.240 e. The number of carbonyl (C=O) groups is 1. The Balaban J connectivity index is 1.79. The summed E-state index contributed by atoms with van der Waals surface area (Å²) < 4.78 is 32.2. The highest BCUT2D eigenvalue weighted by Crippen LogP contribution is 2.15. The Morgan fingerprint density at radius 3 is 2.50 bits per heavy atom. The lowest BCUT2D eigenvalue weighted by molar-refractivity contribution is -0.121. The minimum atomic E-state index is -3.65. The molecule has 7 heteroatoms. The van der Waals surface area contributed by atoms with Crippen LogP contribution < -0.4 is 14.8 Å². The predicted octanol–water partition coefficient (Wildman–Crippen LogP) is 2.38. The van der Waals surface area contributed by atoms with Crippen LogP contribution in [-0.4, -0.2) is 27.5 Å². The monoisotopic (exact) mass is 376 g/mol. The van der Waals surface area contributed by atoms with E-state index in [0.29, 0.717) is 18.9 Å². The first kappa shape index (κ1) is 19.9. The molecular formula is C19H24N2O4S. The summed E-state index contributed by atoms with van der Waals surface area (Å²) in [6, 6.07) is 14.0. The summed E-state index contributed by atoms with van der Waals surface area (Å²) in [5, 5.41) is 2.78. The normalized spacial score (nSPS) is 11.2. The quantitative estimate of drug-likeness (QED) is 0.704. The van der Waals surface area contributed by atoms with Gasteiger partial charge in [0.05, 0.1) is 11.5 Å². The van der Waals surface area contributed by atoms with E-state index in [1.165, 1.54) is 12.1 Å². The molecule has 6 nitrogen and oxygen atoms in total.